The first kappa shape index (κ1) is 11.4. The van der Waals surface area contributed by atoms with Crippen molar-refractivity contribution in [1.29, 1.82) is 0 Å². The van der Waals surface area contributed by atoms with Crippen molar-refractivity contribution in [3.8, 4) is 0 Å². The van der Waals surface area contributed by atoms with Crippen LogP contribution in [0.2, 0.25) is 0 Å². The fraction of sp³-hybridized carbons (Fsp3) is 0.250. The summed E-state index contributed by atoms with van der Waals surface area (Å²) >= 11 is 0. The van der Waals surface area contributed by atoms with Crippen LogP contribution in [0.4, 0.5) is 13.2 Å². The monoisotopic (exact) mass is 221 g/mol. The maximum absolute atomic E-state index is 11.8. The van der Waals surface area contributed by atoms with Gasteiger partial charge in [-0.1, -0.05) is 6.07 Å². The number of hydrogen-bond acceptors (Lipinski definition) is 4. The van der Waals surface area contributed by atoms with E-state index in [-0.39, 0.29) is 5.69 Å². The summed E-state index contributed by atoms with van der Waals surface area (Å²) in [4.78, 5) is 14.4. The highest BCUT2D eigenvalue weighted by atomic mass is 19.4. The van der Waals surface area contributed by atoms with Gasteiger partial charge in [0, 0.05) is 6.20 Å². The fourth-order valence-corrected chi connectivity index (χ4v) is 0.712. The average molecular weight is 221 g/mol. The topological polar surface area (TPSA) is 59.4 Å². The Morgan fingerprint density at radius 1 is 1.47 bits per heavy atom. The summed E-state index contributed by atoms with van der Waals surface area (Å²) in [5.74, 6) is -1.33. The Hall–Kier alpha value is -1.63. The molecule has 1 atom stereocenters. The first-order chi connectivity index (χ1) is 6.91. The number of hydrogen-bond donors (Lipinski definition) is 1. The van der Waals surface area contributed by atoms with Gasteiger partial charge >= 0.3 is 12.1 Å². The molecule has 7 heteroatoms. The minimum atomic E-state index is -5.00. The molecule has 82 valence electrons. The molecule has 0 bridgehead atoms. The minimum absolute atomic E-state index is 0.305. The van der Waals surface area contributed by atoms with E-state index in [2.05, 4.69) is 9.72 Å². The third-order valence-corrected chi connectivity index (χ3v) is 1.37. The highest BCUT2D eigenvalue weighted by molar-refractivity contribution is 5.87. The number of aliphatic hydroxyl groups is 1. The van der Waals surface area contributed by atoms with E-state index in [1.165, 1.54) is 24.4 Å². The highest BCUT2D eigenvalue weighted by Gasteiger charge is 2.42. The zero-order chi connectivity index (χ0) is 11.5. The molecule has 0 saturated carbocycles. The number of rotatable bonds is 2. The van der Waals surface area contributed by atoms with Gasteiger partial charge in [-0.05, 0) is 12.1 Å². The van der Waals surface area contributed by atoms with Crippen molar-refractivity contribution in [2.45, 2.75) is 12.5 Å². The Morgan fingerprint density at radius 2 is 2.13 bits per heavy atom. The van der Waals surface area contributed by atoms with Crippen LogP contribution in [-0.2, 0) is 4.74 Å². The van der Waals surface area contributed by atoms with Crippen LogP contribution in [-0.4, -0.2) is 28.5 Å². The molecular weight excluding hydrogens is 215 g/mol. The lowest BCUT2D eigenvalue weighted by atomic mass is 10.3. The quantitative estimate of drug-likeness (QED) is 0.600. The largest absolute Gasteiger partial charge is 0.452 e. The number of alkyl halides is 3. The molecule has 0 spiro atoms. The number of pyridine rings is 1. The van der Waals surface area contributed by atoms with E-state index in [1.807, 2.05) is 0 Å². The molecule has 4 nitrogen and oxygen atoms in total. The maximum atomic E-state index is 11.8. The van der Waals surface area contributed by atoms with Gasteiger partial charge in [0.15, 0.2) is 0 Å². The van der Waals surface area contributed by atoms with Crippen LogP contribution in [0.3, 0.4) is 0 Å². The molecule has 15 heavy (non-hydrogen) atoms. The Balaban J connectivity index is 2.65. The summed E-state index contributed by atoms with van der Waals surface area (Å²) in [7, 11) is 0. The normalized spacial score (nSPS) is 13.3. The average Bonchev–Trinajstić information content (AvgIpc) is 2.17. The van der Waals surface area contributed by atoms with Gasteiger partial charge in [-0.15, -0.1) is 0 Å². The lowest BCUT2D eigenvalue weighted by molar-refractivity contribution is -0.274. The van der Waals surface area contributed by atoms with Crippen LogP contribution in [0.25, 0.3) is 0 Å². The van der Waals surface area contributed by atoms with Crippen LogP contribution < -0.4 is 0 Å². The fourth-order valence-electron chi connectivity index (χ4n) is 0.712. The van der Waals surface area contributed by atoms with E-state index in [9.17, 15) is 18.0 Å². The molecule has 1 aromatic heterocycles. The first-order valence-corrected chi connectivity index (χ1v) is 3.78. The molecule has 0 aromatic carbocycles. The number of ether oxygens (including phenoxy) is 1. The lowest BCUT2D eigenvalue weighted by Gasteiger charge is -2.14. The van der Waals surface area contributed by atoms with Gasteiger partial charge < -0.3 is 9.84 Å². The molecule has 1 heterocycles. The summed E-state index contributed by atoms with van der Waals surface area (Å²) < 4.78 is 39.1. The maximum Gasteiger partial charge on any atom is 0.452 e. The molecule has 0 amide bonds. The number of carbonyl (C=O) groups excluding carboxylic acids is 1. The minimum Gasteiger partial charge on any atom is -0.421 e. The smallest absolute Gasteiger partial charge is 0.421 e. The summed E-state index contributed by atoms with van der Waals surface area (Å²) in [5, 5.41) is 8.42. The number of aromatic nitrogens is 1. The zero-order valence-electron chi connectivity index (χ0n) is 7.23. The van der Waals surface area contributed by atoms with Crippen molar-refractivity contribution in [2.24, 2.45) is 0 Å². The molecule has 0 aliphatic rings. The molecule has 0 aliphatic carbocycles. The van der Waals surface area contributed by atoms with Gasteiger partial charge in [0.1, 0.15) is 5.69 Å². The molecule has 0 fully saturated rings. The van der Waals surface area contributed by atoms with Gasteiger partial charge in [-0.2, -0.15) is 13.2 Å². The van der Waals surface area contributed by atoms with Crippen molar-refractivity contribution in [2.75, 3.05) is 0 Å². The summed E-state index contributed by atoms with van der Waals surface area (Å²) in [6, 6.07) is 4.06. The van der Waals surface area contributed by atoms with Crippen LogP contribution in [0, 0.1) is 0 Å². The summed E-state index contributed by atoms with van der Waals surface area (Å²) in [6.45, 7) is 0. The predicted octanol–water partition coefficient (Wildman–Crippen LogP) is 1.12. The molecule has 1 unspecified atom stereocenters. The summed E-state index contributed by atoms with van der Waals surface area (Å²) in [5.41, 5.74) is -0.305. The van der Waals surface area contributed by atoms with Crippen molar-refractivity contribution in [3.63, 3.8) is 0 Å². The Labute approximate surface area is 82.3 Å². The number of nitrogens with zero attached hydrogens (tertiary/aromatic N) is 1. The molecule has 0 aliphatic heterocycles. The number of carbonyl (C=O) groups is 1. The second-order valence-corrected chi connectivity index (χ2v) is 2.51. The molecule has 1 N–H and O–H groups in total. The van der Waals surface area contributed by atoms with Gasteiger partial charge in [-0.25, -0.2) is 9.78 Å². The Kier molecular flexibility index (Phi) is 3.25. The van der Waals surface area contributed by atoms with Gasteiger partial charge in [-0.3, -0.25) is 0 Å². The lowest BCUT2D eigenvalue weighted by Crippen LogP contribution is -2.33. The van der Waals surface area contributed by atoms with Crippen molar-refractivity contribution >= 4 is 5.97 Å². The number of esters is 1. The van der Waals surface area contributed by atoms with Crippen LogP contribution in [0.1, 0.15) is 10.5 Å². The highest BCUT2D eigenvalue weighted by Crippen LogP contribution is 2.21. The van der Waals surface area contributed by atoms with Gasteiger partial charge in [0.25, 0.3) is 6.29 Å². The number of aliphatic hydroxyl groups excluding tert-OH is 1. The van der Waals surface area contributed by atoms with Crippen LogP contribution in [0.5, 0.6) is 0 Å². The molecule has 1 aromatic rings. The van der Waals surface area contributed by atoms with Gasteiger partial charge in [0.05, 0.1) is 0 Å². The number of halogens is 3. The standard InChI is InChI=1S/C8H6F3NO3/c9-8(10,11)7(14)15-6(13)5-3-1-2-4-12-5/h1-4,7,14H. The summed E-state index contributed by atoms with van der Waals surface area (Å²) in [6.07, 6.45) is -6.91. The van der Waals surface area contributed by atoms with E-state index in [0.717, 1.165) is 0 Å². The van der Waals surface area contributed by atoms with Gasteiger partial charge in [0.2, 0.25) is 0 Å². The first-order valence-electron chi connectivity index (χ1n) is 3.78. The van der Waals surface area contributed by atoms with Crippen LogP contribution >= 0.6 is 0 Å². The molecule has 0 radical (unpaired) electrons. The van der Waals surface area contributed by atoms with Crippen molar-refractivity contribution in [3.05, 3.63) is 30.1 Å². The van der Waals surface area contributed by atoms with Crippen molar-refractivity contribution < 1.29 is 27.8 Å². The van der Waals surface area contributed by atoms with E-state index >= 15 is 0 Å². The zero-order valence-corrected chi connectivity index (χ0v) is 7.23. The second kappa shape index (κ2) is 4.26. The van der Waals surface area contributed by atoms with E-state index in [4.69, 9.17) is 5.11 Å². The predicted molar refractivity (Wildman–Crippen MR) is 41.7 cm³/mol. The van der Waals surface area contributed by atoms with E-state index < -0.39 is 18.4 Å². The van der Waals surface area contributed by atoms with Crippen LogP contribution in [0.15, 0.2) is 24.4 Å². The molecule has 0 saturated heterocycles. The molecule has 1 rings (SSSR count). The molecular formula is C8H6F3NO3. The third-order valence-electron chi connectivity index (χ3n) is 1.37. The SMILES string of the molecule is O=C(OC(O)C(F)(F)F)c1ccccn1. The van der Waals surface area contributed by atoms with E-state index in [1.54, 1.807) is 0 Å². The second-order valence-electron chi connectivity index (χ2n) is 2.51. The Bertz CT molecular complexity index is 339. The van der Waals surface area contributed by atoms with E-state index in [0.29, 0.717) is 0 Å². The van der Waals surface area contributed by atoms with Crippen molar-refractivity contribution in [1.82, 2.24) is 4.98 Å². The Morgan fingerprint density at radius 3 is 2.60 bits per heavy atom. The third kappa shape index (κ3) is 3.21.